The lowest BCUT2D eigenvalue weighted by molar-refractivity contribution is 0.531. The Morgan fingerprint density at radius 2 is 2.22 bits per heavy atom. The highest BCUT2D eigenvalue weighted by molar-refractivity contribution is 5.11. The second kappa shape index (κ2) is 1.75. The van der Waals surface area contributed by atoms with E-state index in [1.54, 1.807) is 0 Å². The molecule has 1 aliphatic carbocycles. The van der Waals surface area contributed by atoms with Crippen LogP contribution in [-0.4, -0.2) is 6.04 Å². The van der Waals surface area contributed by atoms with Crippen molar-refractivity contribution in [2.45, 2.75) is 26.3 Å². The number of hydrogen-bond donors (Lipinski definition) is 1. The molecule has 1 nitrogen and oxygen atoms in total. The third-order valence-electron chi connectivity index (χ3n) is 2.22. The van der Waals surface area contributed by atoms with Crippen LogP contribution in [-0.2, 0) is 0 Å². The maximum absolute atomic E-state index is 5.62. The van der Waals surface area contributed by atoms with Gasteiger partial charge >= 0.3 is 0 Å². The van der Waals surface area contributed by atoms with Crippen LogP contribution in [0.5, 0.6) is 0 Å². The van der Waals surface area contributed by atoms with Crippen LogP contribution in [0, 0.1) is 23.7 Å². The topological polar surface area (TPSA) is 26.0 Å². The molecule has 0 spiro atoms. The van der Waals surface area contributed by atoms with E-state index >= 15 is 0 Å². The van der Waals surface area contributed by atoms with Gasteiger partial charge in [-0.3, -0.25) is 0 Å². The molecule has 0 aromatic rings. The van der Waals surface area contributed by atoms with Crippen LogP contribution in [0.2, 0.25) is 0 Å². The van der Waals surface area contributed by atoms with Gasteiger partial charge in [-0.25, -0.2) is 0 Å². The third-order valence-corrected chi connectivity index (χ3v) is 2.22. The van der Waals surface area contributed by atoms with Gasteiger partial charge in [0.15, 0.2) is 0 Å². The number of nitrogens with two attached hydrogens (primary N) is 1. The minimum Gasteiger partial charge on any atom is -0.317 e. The van der Waals surface area contributed by atoms with Gasteiger partial charge in [-0.1, -0.05) is 19.8 Å². The first-order valence-electron chi connectivity index (χ1n) is 3.29. The molecular formula is C8H13N. The summed E-state index contributed by atoms with van der Waals surface area (Å²) in [4.78, 5) is 0. The summed E-state index contributed by atoms with van der Waals surface area (Å²) in [5.41, 5.74) is 6.04. The zero-order valence-electron chi connectivity index (χ0n) is 6.02. The minimum absolute atomic E-state index is 0.0139. The first-order chi connectivity index (χ1) is 4.08. The van der Waals surface area contributed by atoms with E-state index in [1.165, 1.54) is 6.42 Å². The molecule has 1 heteroatoms. The van der Waals surface area contributed by atoms with E-state index in [4.69, 9.17) is 12.2 Å². The zero-order chi connectivity index (χ0) is 7.07. The van der Waals surface area contributed by atoms with Crippen molar-refractivity contribution in [3.8, 4) is 12.3 Å². The van der Waals surface area contributed by atoms with Crippen LogP contribution in [0.15, 0.2) is 0 Å². The lowest BCUT2D eigenvalue weighted by atomic mass is 10.1. The van der Waals surface area contributed by atoms with Crippen LogP contribution < -0.4 is 5.73 Å². The number of hydrogen-bond acceptors (Lipinski definition) is 1. The predicted molar refractivity (Wildman–Crippen MR) is 38.7 cm³/mol. The Morgan fingerprint density at radius 3 is 2.33 bits per heavy atom. The lowest BCUT2D eigenvalue weighted by Gasteiger charge is -2.04. The second-order valence-corrected chi connectivity index (χ2v) is 3.49. The van der Waals surface area contributed by atoms with E-state index in [9.17, 15) is 0 Å². The van der Waals surface area contributed by atoms with Crippen LogP contribution in [0.3, 0.4) is 0 Å². The molecule has 2 unspecified atom stereocenters. The largest absolute Gasteiger partial charge is 0.317 e. The summed E-state index contributed by atoms with van der Waals surface area (Å²) >= 11 is 0. The van der Waals surface area contributed by atoms with Crippen LogP contribution in [0.25, 0.3) is 0 Å². The second-order valence-electron chi connectivity index (χ2n) is 3.49. The molecule has 0 aliphatic heterocycles. The summed E-state index contributed by atoms with van der Waals surface area (Å²) in [6, 6.07) is -0.0139. The molecule has 1 aliphatic rings. The molecule has 0 aromatic heterocycles. The van der Waals surface area contributed by atoms with Gasteiger partial charge in [-0.2, -0.15) is 0 Å². The highest BCUT2D eigenvalue weighted by Gasteiger charge is 2.48. The molecule has 0 radical (unpaired) electrons. The minimum atomic E-state index is -0.0139. The highest BCUT2D eigenvalue weighted by Crippen LogP contribution is 2.52. The summed E-state index contributed by atoms with van der Waals surface area (Å²) in [7, 11) is 0. The molecule has 1 rings (SSSR count). The summed E-state index contributed by atoms with van der Waals surface area (Å²) in [6.07, 6.45) is 6.35. The van der Waals surface area contributed by atoms with Crippen LogP contribution in [0.1, 0.15) is 20.3 Å². The van der Waals surface area contributed by atoms with Crippen molar-refractivity contribution in [3.05, 3.63) is 0 Å². The summed E-state index contributed by atoms with van der Waals surface area (Å²) in [6.45, 7) is 4.41. The Hall–Kier alpha value is -0.480. The Labute approximate surface area is 56.6 Å². The quantitative estimate of drug-likeness (QED) is 0.517. The first kappa shape index (κ1) is 6.64. The summed E-state index contributed by atoms with van der Waals surface area (Å²) in [5, 5.41) is 0. The average molecular weight is 123 g/mol. The molecule has 0 bridgehead atoms. The Morgan fingerprint density at radius 1 is 1.78 bits per heavy atom. The summed E-state index contributed by atoms with van der Waals surface area (Å²) in [5.74, 6) is 3.13. The molecule has 0 heterocycles. The molecule has 1 saturated carbocycles. The van der Waals surface area contributed by atoms with E-state index in [2.05, 4.69) is 19.8 Å². The molecule has 9 heavy (non-hydrogen) atoms. The molecule has 50 valence electrons. The fourth-order valence-corrected chi connectivity index (χ4v) is 1.24. The lowest BCUT2D eigenvalue weighted by Crippen LogP contribution is -2.22. The van der Waals surface area contributed by atoms with Crippen LogP contribution in [0.4, 0.5) is 0 Å². The fourth-order valence-electron chi connectivity index (χ4n) is 1.24. The summed E-state index contributed by atoms with van der Waals surface area (Å²) < 4.78 is 0. The Balaban J connectivity index is 2.45. The third kappa shape index (κ3) is 1.09. The maximum atomic E-state index is 5.62. The molecule has 2 atom stereocenters. The smallest absolute Gasteiger partial charge is 0.0695 e. The van der Waals surface area contributed by atoms with Gasteiger partial charge in [0.25, 0.3) is 0 Å². The monoisotopic (exact) mass is 123 g/mol. The van der Waals surface area contributed by atoms with Crippen molar-refractivity contribution in [2.75, 3.05) is 0 Å². The molecule has 0 aromatic carbocycles. The SMILES string of the molecule is C#CC(N)C1CC1(C)C. The zero-order valence-corrected chi connectivity index (χ0v) is 6.02. The van der Waals surface area contributed by atoms with Crippen molar-refractivity contribution in [2.24, 2.45) is 17.1 Å². The van der Waals surface area contributed by atoms with Crippen molar-refractivity contribution in [1.82, 2.24) is 0 Å². The molecule has 2 N–H and O–H groups in total. The van der Waals surface area contributed by atoms with E-state index in [0.717, 1.165) is 0 Å². The van der Waals surface area contributed by atoms with Gasteiger partial charge in [0.05, 0.1) is 6.04 Å². The van der Waals surface area contributed by atoms with Crippen molar-refractivity contribution in [3.63, 3.8) is 0 Å². The Kier molecular flexibility index (Phi) is 1.29. The molecular weight excluding hydrogens is 110 g/mol. The fraction of sp³-hybridized carbons (Fsp3) is 0.750. The van der Waals surface area contributed by atoms with Gasteiger partial charge in [-0.05, 0) is 17.8 Å². The average Bonchev–Trinajstić information content (AvgIpc) is 2.38. The molecule has 0 amide bonds. The standard InChI is InChI=1S/C8H13N/c1-4-7(9)6-5-8(6,2)3/h1,6-7H,5,9H2,2-3H3. The van der Waals surface area contributed by atoms with Crippen molar-refractivity contribution >= 4 is 0 Å². The van der Waals surface area contributed by atoms with Gasteiger partial charge in [0, 0.05) is 0 Å². The van der Waals surface area contributed by atoms with E-state index in [1.807, 2.05) is 0 Å². The van der Waals surface area contributed by atoms with Gasteiger partial charge in [-0.15, -0.1) is 6.42 Å². The van der Waals surface area contributed by atoms with E-state index < -0.39 is 0 Å². The Bertz CT molecular complexity index is 152. The first-order valence-corrected chi connectivity index (χ1v) is 3.29. The normalized spacial score (nSPS) is 32.9. The van der Waals surface area contributed by atoms with Crippen molar-refractivity contribution in [1.29, 1.82) is 0 Å². The molecule has 0 saturated heterocycles. The van der Waals surface area contributed by atoms with Crippen molar-refractivity contribution < 1.29 is 0 Å². The van der Waals surface area contributed by atoms with Gasteiger partial charge in [0.1, 0.15) is 0 Å². The van der Waals surface area contributed by atoms with Gasteiger partial charge < -0.3 is 5.73 Å². The highest BCUT2D eigenvalue weighted by atomic mass is 14.7. The number of terminal acetylenes is 1. The van der Waals surface area contributed by atoms with Crippen LogP contribution >= 0.6 is 0 Å². The van der Waals surface area contributed by atoms with E-state index in [-0.39, 0.29) is 6.04 Å². The van der Waals surface area contributed by atoms with Gasteiger partial charge in [0.2, 0.25) is 0 Å². The number of rotatable bonds is 1. The maximum Gasteiger partial charge on any atom is 0.0695 e. The molecule has 1 fully saturated rings. The predicted octanol–water partition coefficient (Wildman–Crippen LogP) is 0.993. The van der Waals surface area contributed by atoms with E-state index in [0.29, 0.717) is 11.3 Å².